The van der Waals surface area contributed by atoms with Crippen molar-refractivity contribution < 1.29 is 8.42 Å². The fraction of sp³-hybridized carbons (Fsp3) is 0.692. The van der Waals surface area contributed by atoms with Crippen molar-refractivity contribution in [2.45, 2.75) is 41.9 Å². The Bertz CT molecular complexity index is 548. The maximum atomic E-state index is 12.3. The SMILES string of the molecule is CN(C)C1(CNS(=O)(=O)c2ccc(Br)s2)CCCCC1. The maximum Gasteiger partial charge on any atom is 0.250 e. The van der Waals surface area contributed by atoms with Crippen LogP contribution in [0.25, 0.3) is 0 Å². The van der Waals surface area contributed by atoms with Gasteiger partial charge in [-0.2, -0.15) is 0 Å². The topological polar surface area (TPSA) is 49.4 Å². The molecule has 0 amide bonds. The molecule has 1 aromatic heterocycles. The Kier molecular flexibility index (Phi) is 5.29. The average molecular weight is 381 g/mol. The van der Waals surface area contributed by atoms with Gasteiger partial charge in [0.25, 0.3) is 0 Å². The summed E-state index contributed by atoms with van der Waals surface area (Å²) in [6, 6.07) is 3.40. The van der Waals surface area contributed by atoms with Gasteiger partial charge in [0.1, 0.15) is 4.21 Å². The monoisotopic (exact) mass is 380 g/mol. The highest BCUT2D eigenvalue weighted by Gasteiger charge is 2.35. The third kappa shape index (κ3) is 3.62. The molecule has 0 aliphatic heterocycles. The van der Waals surface area contributed by atoms with Gasteiger partial charge in [0.05, 0.1) is 3.79 Å². The lowest BCUT2D eigenvalue weighted by molar-refractivity contribution is 0.105. The second-order valence-corrected chi connectivity index (χ2v) is 10.0. The van der Waals surface area contributed by atoms with E-state index >= 15 is 0 Å². The fourth-order valence-electron chi connectivity index (χ4n) is 2.73. The molecule has 1 aliphatic rings. The second-order valence-electron chi connectivity index (χ2n) is 5.56. The first-order chi connectivity index (χ1) is 9.36. The van der Waals surface area contributed by atoms with E-state index in [4.69, 9.17) is 0 Å². The van der Waals surface area contributed by atoms with Crippen molar-refractivity contribution in [3.05, 3.63) is 15.9 Å². The molecular formula is C13H21BrN2O2S2. The molecule has 1 aliphatic carbocycles. The van der Waals surface area contributed by atoms with E-state index in [0.29, 0.717) is 10.8 Å². The van der Waals surface area contributed by atoms with Crippen LogP contribution >= 0.6 is 27.3 Å². The lowest BCUT2D eigenvalue weighted by Gasteiger charge is -2.43. The van der Waals surface area contributed by atoms with Crippen molar-refractivity contribution in [3.8, 4) is 0 Å². The largest absolute Gasteiger partial charge is 0.302 e. The summed E-state index contributed by atoms with van der Waals surface area (Å²) in [5, 5.41) is 0. The molecule has 0 spiro atoms. The van der Waals surface area contributed by atoms with Crippen LogP contribution in [-0.2, 0) is 10.0 Å². The van der Waals surface area contributed by atoms with E-state index < -0.39 is 10.0 Å². The number of rotatable bonds is 5. The lowest BCUT2D eigenvalue weighted by Crippen LogP contribution is -2.53. The predicted molar refractivity (Wildman–Crippen MR) is 86.7 cm³/mol. The van der Waals surface area contributed by atoms with Gasteiger partial charge in [-0.1, -0.05) is 19.3 Å². The van der Waals surface area contributed by atoms with Gasteiger partial charge in [-0.05, 0) is 55.0 Å². The third-order valence-electron chi connectivity index (χ3n) is 4.14. The van der Waals surface area contributed by atoms with E-state index in [9.17, 15) is 8.42 Å². The van der Waals surface area contributed by atoms with Gasteiger partial charge in [0.15, 0.2) is 0 Å². The van der Waals surface area contributed by atoms with Crippen LogP contribution in [0.4, 0.5) is 0 Å². The first-order valence-electron chi connectivity index (χ1n) is 6.78. The van der Waals surface area contributed by atoms with Gasteiger partial charge in [0.2, 0.25) is 10.0 Å². The summed E-state index contributed by atoms with van der Waals surface area (Å²) < 4.78 is 28.6. The van der Waals surface area contributed by atoms with Crippen molar-refractivity contribution in [1.29, 1.82) is 0 Å². The van der Waals surface area contributed by atoms with Gasteiger partial charge < -0.3 is 4.90 Å². The van der Waals surface area contributed by atoms with Gasteiger partial charge in [0, 0.05) is 12.1 Å². The first kappa shape index (κ1) is 16.4. The van der Waals surface area contributed by atoms with E-state index in [1.54, 1.807) is 12.1 Å². The zero-order valence-electron chi connectivity index (χ0n) is 11.9. The molecule has 0 unspecified atom stereocenters. The van der Waals surface area contributed by atoms with Crippen LogP contribution in [0.5, 0.6) is 0 Å². The summed E-state index contributed by atoms with van der Waals surface area (Å²) >= 11 is 4.55. The van der Waals surface area contributed by atoms with Crippen LogP contribution in [0.3, 0.4) is 0 Å². The molecule has 0 radical (unpaired) electrons. The van der Waals surface area contributed by atoms with Gasteiger partial charge >= 0.3 is 0 Å². The quantitative estimate of drug-likeness (QED) is 0.853. The Morgan fingerprint density at radius 3 is 2.45 bits per heavy atom. The number of sulfonamides is 1. The highest BCUT2D eigenvalue weighted by Crippen LogP contribution is 2.32. The average Bonchev–Trinajstić information content (AvgIpc) is 2.85. The number of halogens is 1. The zero-order valence-corrected chi connectivity index (χ0v) is 15.1. The molecule has 7 heteroatoms. The van der Waals surface area contributed by atoms with Crippen LogP contribution < -0.4 is 4.72 Å². The lowest BCUT2D eigenvalue weighted by atomic mass is 9.81. The summed E-state index contributed by atoms with van der Waals surface area (Å²) in [4.78, 5) is 2.18. The summed E-state index contributed by atoms with van der Waals surface area (Å²) in [5.41, 5.74) is -0.0419. The molecule has 1 aromatic rings. The number of thiophene rings is 1. The Hall–Kier alpha value is 0.0500. The Balaban J connectivity index is 2.09. The Morgan fingerprint density at radius 2 is 1.95 bits per heavy atom. The molecule has 1 heterocycles. The molecule has 0 aromatic carbocycles. The van der Waals surface area contributed by atoms with Crippen LogP contribution in [0.1, 0.15) is 32.1 Å². The predicted octanol–water partition coefficient (Wildman–Crippen LogP) is 3.05. The second kappa shape index (κ2) is 6.44. The molecule has 4 nitrogen and oxygen atoms in total. The molecule has 0 atom stereocenters. The number of hydrogen-bond acceptors (Lipinski definition) is 4. The zero-order chi connectivity index (χ0) is 14.8. The van der Waals surface area contributed by atoms with E-state index in [-0.39, 0.29) is 5.54 Å². The van der Waals surface area contributed by atoms with E-state index in [1.807, 2.05) is 14.1 Å². The summed E-state index contributed by atoms with van der Waals surface area (Å²) in [5.74, 6) is 0. The highest BCUT2D eigenvalue weighted by molar-refractivity contribution is 9.11. The smallest absolute Gasteiger partial charge is 0.250 e. The molecule has 20 heavy (non-hydrogen) atoms. The summed E-state index contributed by atoms with van der Waals surface area (Å²) in [7, 11) is 0.687. The first-order valence-corrected chi connectivity index (χ1v) is 9.87. The van der Waals surface area contributed by atoms with Crippen molar-refractivity contribution in [2.24, 2.45) is 0 Å². The normalized spacial score (nSPS) is 19.4. The molecule has 2 rings (SSSR count). The van der Waals surface area contributed by atoms with Crippen LogP contribution in [0.2, 0.25) is 0 Å². The van der Waals surface area contributed by atoms with Crippen molar-refractivity contribution >= 4 is 37.3 Å². The standard InChI is InChI=1S/C13H21BrN2O2S2/c1-16(2)13(8-4-3-5-9-13)10-15-20(17,18)12-7-6-11(14)19-12/h6-7,15H,3-5,8-10H2,1-2H3. The van der Waals surface area contributed by atoms with Gasteiger partial charge in [-0.25, -0.2) is 13.1 Å². The molecule has 0 bridgehead atoms. The van der Waals surface area contributed by atoms with Crippen molar-refractivity contribution in [3.63, 3.8) is 0 Å². The molecular weight excluding hydrogens is 360 g/mol. The molecule has 1 saturated carbocycles. The van der Waals surface area contributed by atoms with Crippen LogP contribution in [-0.4, -0.2) is 39.5 Å². The number of nitrogens with zero attached hydrogens (tertiary/aromatic N) is 1. The summed E-state index contributed by atoms with van der Waals surface area (Å²) in [6.07, 6.45) is 5.70. The Labute approximate surface area is 133 Å². The molecule has 1 fully saturated rings. The van der Waals surface area contributed by atoms with Crippen LogP contribution in [0, 0.1) is 0 Å². The number of nitrogens with one attached hydrogen (secondary N) is 1. The fourth-order valence-corrected chi connectivity index (χ4v) is 5.91. The summed E-state index contributed by atoms with van der Waals surface area (Å²) in [6.45, 7) is 0.484. The van der Waals surface area contributed by atoms with E-state index in [0.717, 1.165) is 16.6 Å². The highest BCUT2D eigenvalue weighted by atomic mass is 79.9. The molecule has 114 valence electrons. The molecule has 1 N–H and O–H groups in total. The van der Waals surface area contributed by atoms with Gasteiger partial charge in [-0.15, -0.1) is 11.3 Å². The third-order valence-corrected chi connectivity index (χ3v) is 7.65. The number of likely N-dealkylation sites (N-methyl/N-ethyl adjacent to an activating group) is 1. The minimum Gasteiger partial charge on any atom is -0.302 e. The van der Waals surface area contributed by atoms with E-state index in [2.05, 4.69) is 25.6 Å². The molecule has 0 saturated heterocycles. The Morgan fingerprint density at radius 1 is 1.30 bits per heavy atom. The van der Waals surface area contributed by atoms with Gasteiger partial charge in [-0.3, -0.25) is 0 Å². The van der Waals surface area contributed by atoms with E-state index in [1.165, 1.54) is 30.6 Å². The van der Waals surface area contributed by atoms with Crippen LogP contribution in [0.15, 0.2) is 20.1 Å². The maximum absolute atomic E-state index is 12.3. The van der Waals surface area contributed by atoms with Crippen molar-refractivity contribution in [2.75, 3.05) is 20.6 Å². The minimum atomic E-state index is -3.40. The van der Waals surface area contributed by atoms with Crippen molar-refractivity contribution in [1.82, 2.24) is 9.62 Å². The minimum absolute atomic E-state index is 0.0419. The number of hydrogen-bond donors (Lipinski definition) is 1.